The van der Waals surface area contributed by atoms with Crippen LogP contribution in [0.15, 0.2) is 0 Å². The number of alkyl halides is 1. The number of nitrogens with one attached hydrogen (secondary N) is 1. The molecule has 0 aromatic rings. The van der Waals surface area contributed by atoms with E-state index in [0.29, 0.717) is 5.54 Å². The summed E-state index contributed by atoms with van der Waals surface area (Å²) in [6, 6.07) is 0. The van der Waals surface area contributed by atoms with Gasteiger partial charge in [0, 0.05) is 10.1 Å². The minimum atomic E-state index is 0.610. The van der Waals surface area contributed by atoms with Crippen molar-refractivity contribution in [2.75, 3.05) is 4.55 Å². The molecule has 2 heteroatoms. The van der Waals surface area contributed by atoms with Gasteiger partial charge in [0.05, 0.1) is 0 Å². The largest absolute Gasteiger partial charge is 0.302 e. The Labute approximate surface area is 82.5 Å². The molecular weight excluding hydrogens is 249 g/mol. The third kappa shape index (κ3) is 1.44. The van der Waals surface area contributed by atoms with Crippen LogP contribution in [0, 0.1) is 11.8 Å². The van der Waals surface area contributed by atoms with Gasteiger partial charge in [-0.25, -0.2) is 0 Å². The molecule has 0 bridgehead atoms. The van der Waals surface area contributed by atoms with Crippen molar-refractivity contribution < 1.29 is 0 Å². The summed E-state index contributed by atoms with van der Waals surface area (Å²) in [5, 5.41) is 3.65. The van der Waals surface area contributed by atoms with Gasteiger partial charge in [0.25, 0.3) is 0 Å². The normalized spacial score (nSPS) is 48.5. The molecule has 0 radical (unpaired) electrons. The Morgan fingerprint density at radius 2 is 2.27 bits per heavy atom. The second-order valence-electron chi connectivity index (χ2n) is 4.25. The van der Waals surface area contributed by atoms with E-state index in [1.165, 1.54) is 25.7 Å². The molecule has 0 saturated heterocycles. The third-order valence-corrected chi connectivity index (χ3v) is 3.75. The van der Waals surface area contributed by atoms with Gasteiger partial charge in [-0.3, -0.25) is 0 Å². The van der Waals surface area contributed by atoms with E-state index >= 15 is 0 Å². The Hall–Kier alpha value is 0.690. The Kier molecular flexibility index (Phi) is 2.17. The van der Waals surface area contributed by atoms with Crippen molar-refractivity contribution in [2.45, 2.75) is 38.1 Å². The van der Waals surface area contributed by atoms with Crippen LogP contribution in [0.5, 0.6) is 0 Å². The molecule has 2 fully saturated rings. The minimum Gasteiger partial charge on any atom is -0.302 e. The second kappa shape index (κ2) is 2.87. The molecule has 0 heterocycles. The fourth-order valence-corrected chi connectivity index (χ4v) is 3.40. The Morgan fingerprint density at radius 3 is 3.00 bits per heavy atom. The van der Waals surface area contributed by atoms with Crippen molar-refractivity contribution in [2.24, 2.45) is 11.8 Å². The fraction of sp³-hybridized carbons (Fsp3) is 1.00. The van der Waals surface area contributed by atoms with Crippen LogP contribution in [0.25, 0.3) is 0 Å². The molecule has 2 aliphatic rings. The standard InChI is InChI=1S/C9H16IN/c1-7-2-3-8-5-9(8,4-7)11-6-10/h7-8,11H,2-6H2,1H3/t7-,8-,9?/m0/s1. The minimum absolute atomic E-state index is 0.610. The van der Waals surface area contributed by atoms with Crippen molar-refractivity contribution >= 4 is 22.6 Å². The molecule has 2 aliphatic carbocycles. The summed E-state index contributed by atoms with van der Waals surface area (Å²) < 4.78 is 1.13. The van der Waals surface area contributed by atoms with E-state index < -0.39 is 0 Å². The van der Waals surface area contributed by atoms with E-state index in [-0.39, 0.29) is 0 Å². The molecule has 11 heavy (non-hydrogen) atoms. The summed E-state index contributed by atoms with van der Waals surface area (Å²) in [6.45, 7) is 2.39. The molecule has 0 amide bonds. The Morgan fingerprint density at radius 1 is 1.45 bits per heavy atom. The summed E-state index contributed by atoms with van der Waals surface area (Å²) in [4.78, 5) is 0. The van der Waals surface area contributed by atoms with Crippen molar-refractivity contribution in [3.63, 3.8) is 0 Å². The van der Waals surface area contributed by atoms with Crippen LogP contribution in [0.3, 0.4) is 0 Å². The van der Waals surface area contributed by atoms with Gasteiger partial charge in [0.1, 0.15) is 0 Å². The monoisotopic (exact) mass is 265 g/mol. The van der Waals surface area contributed by atoms with E-state index in [9.17, 15) is 0 Å². The van der Waals surface area contributed by atoms with E-state index in [2.05, 4.69) is 34.8 Å². The smallest absolute Gasteiger partial charge is 0.0484 e. The molecule has 0 aliphatic heterocycles. The first kappa shape index (κ1) is 8.30. The maximum atomic E-state index is 3.65. The number of fused-ring (bicyclic) bond motifs is 1. The molecule has 2 saturated carbocycles. The van der Waals surface area contributed by atoms with Crippen LogP contribution in [0.2, 0.25) is 0 Å². The number of rotatable bonds is 2. The van der Waals surface area contributed by atoms with Crippen LogP contribution in [0.4, 0.5) is 0 Å². The van der Waals surface area contributed by atoms with Crippen LogP contribution in [0.1, 0.15) is 32.6 Å². The SMILES string of the molecule is C[C@H]1CC[C@H]2CC2(NCI)C1. The van der Waals surface area contributed by atoms with Crippen molar-refractivity contribution in [3.05, 3.63) is 0 Å². The van der Waals surface area contributed by atoms with Crippen LogP contribution in [-0.4, -0.2) is 10.1 Å². The summed E-state index contributed by atoms with van der Waals surface area (Å²) in [5.74, 6) is 2.00. The lowest BCUT2D eigenvalue weighted by atomic mass is 9.87. The Bertz CT molecular complexity index is 160. The maximum Gasteiger partial charge on any atom is 0.0484 e. The van der Waals surface area contributed by atoms with E-state index in [1.54, 1.807) is 0 Å². The number of hydrogen-bond acceptors (Lipinski definition) is 1. The maximum absolute atomic E-state index is 3.65. The molecule has 0 aromatic carbocycles. The van der Waals surface area contributed by atoms with Crippen molar-refractivity contribution in [1.82, 2.24) is 5.32 Å². The van der Waals surface area contributed by atoms with Gasteiger partial charge in [-0.05, 0) is 31.1 Å². The van der Waals surface area contributed by atoms with Gasteiger partial charge in [-0.1, -0.05) is 35.9 Å². The van der Waals surface area contributed by atoms with Gasteiger partial charge in [0.15, 0.2) is 0 Å². The fourth-order valence-electron chi connectivity index (χ4n) is 2.64. The van der Waals surface area contributed by atoms with Crippen LogP contribution < -0.4 is 5.32 Å². The van der Waals surface area contributed by atoms with Gasteiger partial charge in [0.2, 0.25) is 0 Å². The molecular formula is C9H16IN. The average Bonchev–Trinajstić information content (AvgIpc) is 2.62. The zero-order valence-corrected chi connectivity index (χ0v) is 9.23. The second-order valence-corrected chi connectivity index (χ2v) is 5.02. The highest BCUT2D eigenvalue weighted by atomic mass is 127. The molecule has 2 rings (SSSR count). The molecule has 64 valence electrons. The molecule has 1 nitrogen and oxygen atoms in total. The van der Waals surface area contributed by atoms with Gasteiger partial charge >= 0.3 is 0 Å². The van der Waals surface area contributed by atoms with Crippen LogP contribution >= 0.6 is 22.6 Å². The van der Waals surface area contributed by atoms with E-state index in [4.69, 9.17) is 0 Å². The van der Waals surface area contributed by atoms with Crippen molar-refractivity contribution in [3.8, 4) is 0 Å². The predicted octanol–water partition coefficient (Wildman–Crippen LogP) is 2.55. The quantitative estimate of drug-likeness (QED) is 0.459. The molecule has 1 N–H and O–H groups in total. The predicted molar refractivity (Wildman–Crippen MR) is 55.9 cm³/mol. The Balaban J connectivity index is 1.95. The first-order valence-corrected chi connectivity index (χ1v) is 6.10. The lowest BCUT2D eigenvalue weighted by molar-refractivity contribution is 0.300. The zero-order valence-electron chi connectivity index (χ0n) is 7.07. The molecule has 1 unspecified atom stereocenters. The van der Waals surface area contributed by atoms with Crippen LogP contribution in [-0.2, 0) is 0 Å². The van der Waals surface area contributed by atoms with E-state index in [1.807, 2.05) is 0 Å². The van der Waals surface area contributed by atoms with Crippen molar-refractivity contribution in [1.29, 1.82) is 0 Å². The summed E-state index contributed by atoms with van der Waals surface area (Å²) in [5.41, 5.74) is 0.610. The zero-order chi connectivity index (χ0) is 7.90. The topological polar surface area (TPSA) is 12.0 Å². The van der Waals surface area contributed by atoms with Gasteiger partial charge < -0.3 is 5.32 Å². The lowest BCUT2D eigenvalue weighted by Crippen LogP contribution is -2.36. The van der Waals surface area contributed by atoms with Gasteiger partial charge in [-0.2, -0.15) is 0 Å². The number of hydrogen-bond donors (Lipinski definition) is 1. The average molecular weight is 265 g/mol. The highest BCUT2D eigenvalue weighted by molar-refractivity contribution is 14.1. The van der Waals surface area contributed by atoms with Gasteiger partial charge in [-0.15, -0.1) is 0 Å². The summed E-state index contributed by atoms with van der Waals surface area (Å²) in [6.07, 6.45) is 5.83. The number of halogens is 1. The summed E-state index contributed by atoms with van der Waals surface area (Å²) >= 11 is 2.42. The molecule has 0 aromatic heterocycles. The molecule has 0 spiro atoms. The van der Waals surface area contributed by atoms with E-state index in [0.717, 1.165) is 16.4 Å². The highest BCUT2D eigenvalue weighted by Gasteiger charge is 2.55. The third-order valence-electron chi connectivity index (χ3n) is 3.37. The lowest BCUT2D eigenvalue weighted by Gasteiger charge is -2.27. The first-order valence-electron chi connectivity index (χ1n) is 4.58. The first-order chi connectivity index (χ1) is 5.27. The highest BCUT2D eigenvalue weighted by Crippen LogP contribution is 2.55. The molecule has 3 atom stereocenters. The summed E-state index contributed by atoms with van der Waals surface area (Å²) in [7, 11) is 0.